The van der Waals surface area contributed by atoms with Gasteiger partial charge in [-0.3, -0.25) is 4.79 Å². The van der Waals surface area contributed by atoms with Crippen LogP contribution in [0.5, 0.6) is 0 Å². The summed E-state index contributed by atoms with van der Waals surface area (Å²) in [6.07, 6.45) is 3.49. The molecule has 0 aromatic carbocycles. The number of imidazole rings is 1. The van der Waals surface area contributed by atoms with E-state index in [1.165, 1.54) is 0 Å². The summed E-state index contributed by atoms with van der Waals surface area (Å²) in [5, 5.41) is 3.90. The molecule has 2 aromatic rings. The Labute approximate surface area is 135 Å². The molecule has 124 valence electrons. The van der Waals surface area contributed by atoms with Crippen LogP contribution in [0.3, 0.4) is 0 Å². The van der Waals surface area contributed by atoms with E-state index in [-0.39, 0.29) is 12.0 Å². The number of morpholine rings is 1. The van der Waals surface area contributed by atoms with Gasteiger partial charge in [0.05, 0.1) is 18.8 Å². The van der Waals surface area contributed by atoms with Crippen molar-refractivity contribution >= 4 is 5.91 Å². The maximum absolute atomic E-state index is 12.6. The molecule has 3 rings (SSSR count). The predicted octanol–water partition coefficient (Wildman–Crippen LogP) is 1.88. The molecule has 2 aromatic heterocycles. The van der Waals surface area contributed by atoms with Gasteiger partial charge in [-0.1, -0.05) is 12.1 Å². The lowest BCUT2D eigenvalue weighted by molar-refractivity contribution is -0.0282. The number of aryl methyl sites for hydroxylation is 3. The van der Waals surface area contributed by atoms with Crippen molar-refractivity contribution in [2.24, 2.45) is 7.05 Å². The van der Waals surface area contributed by atoms with Crippen LogP contribution in [0, 0.1) is 6.92 Å². The molecule has 0 spiro atoms. The molecule has 0 aliphatic carbocycles. The van der Waals surface area contributed by atoms with E-state index >= 15 is 0 Å². The van der Waals surface area contributed by atoms with Gasteiger partial charge in [-0.05, 0) is 13.3 Å². The van der Waals surface area contributed by atoms with Gasteiger partial charge in [0.2, 0.25) is 0 Å². The largest absolute Gasteiger partial charge is 0.367 e. The van der Waals surface area contributed by atoms with E-state index in [1.807, 2.05) is 24.7 Å². The van der Waals surface area contributed by atoms with Gasteiger partial charge in [-0.15, -0.1) is 0 Å². The van der Waals surface area contributed by atoms with Gasteiger partial charge in [0.15, 0.2) is 5.69 Å². The normalized spacial score (nSPS) is 18.4. The number of carbonyl (C=O) groups excluding carboxylic acids is 1. The van der Waals surface area contributed by atoms with Gasteiger partial charge in [-0.2, -0.15) is 0 Å². The molecule has 0 unspecified atom stereocenters. The Morgan fingerprint density at radius 3 is 3.00 bits per heavy atom. The highest BCUT2D eigenvalue weighted by Gasteiger charge is 2.30. The summed E-state index contributed by atoms with van der Waals surface area (Å²) in [5.74, 6) is 1.47. The van der Waals surface area contributed by atoms with Gasteiger partial charge < -0.3 is 18.7 Å². The molecule has 0 saturated carbocycles. The highest BCUT2D eigenvalue weighted by molar-refractivity contribution is 5.92. The second-order valence-electron chi connectivity index (χ2n) is 5.89. The van der Waals surface area contributed by atoms with E-state index in [0.717, 1.165) is 30.1 Å². The van der Waals surface area contributed by atoms with E-state index in [0.29, 0.717) is 25.4 Å². The van der Waals surface area contributed by atoms with Crippen LogP contribution in [0.4, 0.5) is 0 Å². The highest BCUT2D eigenvalue weighted by Crippen LogP contribution is 2.22. The van der Waals surface area contributed by atoms with Crippen LogP contribution in [0.1, 0.15) is 47.2 Å². The maximum atomic E-state index is 12.6. The lowest BCUT2D eigenvalue weighted by Gasteiger charge is -2.32. The number of hydrogen-bond donors (Lipinski definition) is 0. The van der Waals surface area contributed by atoms with Crippen molar-refractivity contribution < 1.29 is 14.1 Å². The number of aromatic nitrogens is 3. The second-order valence-corrected chi connectivity index (χ2v) is 5.89. The first-order valence-electron chi connectivity index (χ1n) is 7.94. The number of ether oxygens (including phenoxy) is 1. The molecule has 0 bridgehead atoms. The molecule has 1 saturated heterocycles. The summed E-state index contributed by atoms with van der Waals surface area (Å²) in [4.78, 5) is 18.9. The van der Waals surface area contributed by atoms with Crippen molar-refractivity contribution in [1.29, 1.82) is 0 Å². The lowest BCUT2D eigenvalue weighted by atomic mass is 10.2. The fraction of sp³-hybridized carbons (Fsp3) is 0.562. The third kappa shape index (κ3) is 3.29. The van der Waals surface area contributed by atoms with Crippen LogP contribution in [0.2, 0.25) is 0 Å². The van der Waals surface area contributed by atoms with Gasteiger partial charge in [0, 0.05) is 32.3 Å². The maximum Gasteiger partial charge on any atom is 0.276 e. The van der Waals surface area contributed by atoms with Gasteiger partial charge in [0.25, 0.3) is 5.91 Å². The Morgan fingerprint density at radius 2 is 2.30 bits per heavy atom. The monoisotopic (exact) mass is 318 g/mol. The minimum Gasteiger partial charge on any atom is -0.367 e. The van der Waals surface area contributed by atoms with Crippen molar-refractivity contribution in [2.75, 3.05) is 19.7 Å². The Morgan fingerprint density at radius 1 is 1.48 bits per heavy atom. The van der Waals surface area contributed by atoms with Crippen LogP contribution in [0.15, 0.2) is 16.8 Å². The summed E-state index contributed by atoms with van der Waals surface area (Å²) in [7, 11) is 1.94. The molecule has 0 radical (unpaired) electrons. The molecule has 7 heteroatoms. The summed E-state index contributed by atoms with van der Waals surface area (Å²) >= 11 is 0. The van der Waals surface area contributed by atoms with E-state index in [2.05, 4.69) is 17.1 Å². The standard InChI is InChI=1S/C16H22N4O3/c1-4-5-12-8-13(18-23-12)16(21)20-6-7-22-14(10-20)15-17-11(2)9-19(15)3/h8-9,14H,4-7,10H2,1-3H3/t14-/m0/s1. The molecule has 1 aliphatic heterocycles. The van der Waals surface area contributed by atoms with Crippen molar-refractivity contribution in [3.8, 4) is 0 Å². The molecule has 1 fully saturated rings. The smallest absolute Gasteiger partial charge is 0.276 e. The quantitative estimate of drug-likeness (QED) is 0.860. The van der Waals surface area contributed by atoms with Crippen molar-refractivity contribution in [1.82, 2.24) is 19.6 Å². The van der Waals surface area contributed by atoms with Crippen LogP contribution < -0.4 is 0 Å². The second kappa shape index (κ2) is 6.54. The molecule has 0 N–H and O–H groups in total. The van der Waals surface area contributed by atoms with E-state index < -0.39 is 0 Å². The average Bonchev–Trinajstić information content (AvgIpc) is 3.13. The summed E-state index contributed by atoms with van der Waals surface area (Å²) in [5.41, 5.74) is 1.31. The number of amides is 1. The first-order valence-corrected chi connectivity index (χ1v) is 7.94. The SMILES string of the molecule is CCCc1cc(C(=O)N2CCO[C@H](c3nc(C)cn3C)C2)no1. The zero-order chi connectivity index (χ0) is 16.4. The van der Waals surface area contributed by atoms with Crippen LogP contribution >= 0.6 is 0 Å². The van der Waals surface area contributed by atoms with Crippen molar-refractivity contribution in [3.05, 3.63) is 35.2 Å². The minimum atomic E-state index is -0.214. The van der Waals surface area contributed by atoms with E-state index in [9.17, 15) is 4.79 Å². The molecule has 23 heavy (non-hydrogen) atoms. The fourth-order valence-electron chi connectivity index (χ4n) is 2.86. The van der Waals surface area contributed by atoms with Gasteiger partial charge in [0.1, 0.15) is 17.7 Å². The third-order valence-corrected chi connectivity index (χ3v) is 3.95. The van der Waals surface area contributed by atoms with E-state index in [4.69, 9.17) is 9.26 Å². The Kier molecular flexibility index (Phi) is 4.47. The van der Waals surface area contributed by atoms with Crippen LogP contribution in [-0.4, -0.2) is 45.2 Å². The van der Waals surface area contributed by atoms with Crippen molar-refractivity contribution in [3.63, 3.8) is 0 Å². The van der Waals surface area contributed by atoms with E-state index in [1.54, 1.807) is 11.0 Å². The predicted molar refractivity (Wildman–Crippen MR) is 83.0 cm³/mol. The average molecular weight is 318 g/mol. The zero-order valence-electron chi connectivity index (χ0n) is 13.8. The summed E-state index contributed by atoms with van der Waals surface area (Å²) < 4.78 is 13.0. The number of nitrogens with zero attached hydrogens (tertiary/aromatic N) is 4. The summed E-state index contributed by atoms with van der Waals surface area (Å²) in [6.45, 7) is 5.52. The van der Waals surface area contributed by atoms with Gasteiger partial charge in [-0.25, -0.2) is 4.98 Å². The molecule has 7 nitrogen and oxygen atoms in total. The third-order valence-electron chi connectivity index (χ3n) is 3.95. The number of rotatable bonds is 4. The Bertz CT molecular complexity index is 691. The molecule has 3 heterocycles. The molecule has 1 aliphatic rings. The first kappa shape index (κ1) is 15.7. The lowest BCUT2D eigenvalue weighted by Crippen LogP contribution is -2.43. The zero-order valence-corrected chi connectivity index (χ0v) is 13.8. The number of carbonyl (C=O) groups is 1. The van der Waals surface area contributed by atoms with Gasteiger partial charge >= 0.3 is 0 Å². The molecule has 1 atom stereocenters. The molecular weight excluding hydrogens is 296 g/mol. The Balaban J connectivity index is 1.72. The summed E-state index contributed by atoms with van der Waals surface area (Å²) in [6, 6.07) is 1.74. The Hall–Kier alpha value is -2.15. The number of hydrogen-bond acceptors (Lipinski definition) is 5. The highest BCUT2D eigenvalue weighted by atomic mass is 16.5. The van der Waals surface area contributed by atoms with Crippen molar-refractivity contribution in [2.45, 2.75) is 32.8 Å². The first-order chi connectivity index (χ1) is 11.1. The minimum absolute atomic E-state index is 0.115. The van der Waals surface area contributed by atoms with Crippen LogP contribution in [-0.2, 0) is 18.2 Å². The van der Waals surface area contributed by atoms with Crippen LogP contribution in [0.25, 0.3) is 0 Å². The molecular formula is C16H22N4O3. The fourth-order valence-corrected chi connectivity index (χ4v) is 2.86. The molecule has 1 amide bonds. The topological polar surface area (TPSA) is 73.4 Å².